The molecular formula is C7H9F6O5P. The molecule has 0 aliphatic rings. The molecule has 0 bridgehead atoms. The van der Waals surface area contributed by atoms with E-state index in [-0.39, 0.29) is 0 Å². The van der Waals surface area contributed by atoms with Gasteiger partial charge in [0.2, 0.25) is 0 Å². The molecule has 0 aromatic heterocycles. The van der Waals surface area contributed by atoms with Gasteiger partial charge in [0, 0.05) is 0 Å². The summed E-state index contributed by atoms with van der Waals surface area (Å²) in [5.74, 6) is -1.82. The third-order valence-electron chi connectivity index (χ3n) is 1.43. The molecule has 1 atom stereocenters. The quantitative estimate of drug-likeness (QED) is 0.577. The molecule has 0 aliphatic heterocycles. The fraction of sp³-hybridized carbons (Fsp3) is 0.857. The van der Waals surface area contributed by atoms with Crippen LogP contribution in [-0.4, -0.2) is 42.8 Å². The number of hydrogen-bond acceptors (Lipinski definition) is 4. The van der Waals surface area contributed by atoms with Gasteiger partial charge in [-0.2, -0.15) is 26.3 Å². The second kappa shape index (κ2) is 6.58. The number of carboxylic acid groups (broad SMARTS) is 1. The van der Waals surface area contributed by atoms with E-state index in [1.54, 1.807) is 0 Å². The molecular weight excluding hydrogens is 309 g/mol. The third-order valence-corrected chi connectivity index (χ3v) is 3.18. The Hall–Kier alpha value is -0.800. The second-order valence-electron chi connectivity index (χ2n) is 3.25. The van der Waals surface area contributed by atoms with Gasteiger partial charge in [-0.15, -0.1) is 0 Å². The monoisotopic (exact) mass is 318 g/mol. The van der Waals surface area contributed by atoms with E-state index in [1.165, 1.54) is 0 Å². The predicted octanol–water partition coefficient (Wildman–Crippen LogP) is 2.81. The van der Waals surface area contributed by atoms with Crippen molar-refractivity contribution in [3.05, 3.63) is 0 Å². The van der Waals surface area contributed by atoms with Crippen molar-refractivity contribution >= 4 is 13.6 Å². The predicted molar refractivity (Wildman–Crippen MR) is 48.7 cm³/mol. The number of aliphatic carboxylic acids is 1. The van der Waals surface area contributed by atoms with E-state index in [9.17, 15) is 35.7 Å². The normalized spacial score (nSPS) is 16.1. The molecule has 0 aromatic carbocycles. The molecule has 0 radical (unpaired) electrons. The lowest BCUT2D eigenvalue weighted by atomic mass is 10.5. The zero-order chi connectivity index (χ0) is 15.3. The van der Waals surface area contributed by atoms with Crippen molar-refractivity contribution in [2.24, 2.45) is 0 Å². The van der Waals surface area contributed by atoms with E-state index in [4.69, 9.17) is 5.11 Å². The summed E-state index contributed by atoms with van der Waals surface area (Å²) in [6.45, 7) is -3.34. The van der Waals surface area contributed by atoms with Crippen molar-refractivity contribution in [3.63, 3.8) is 0 Å². The van der Waals surface area contributed by atoms with Crippen LogP contribution in [0, 0.1) is 0 Å². The van der Waals surface area contributed by atoms with Crippen LogP contribution < -0.4 is 0 Å². The minimum atomic E-state index is -4.92. The largest absolute Gasteiger partial charge is 0.481 e. The van der Waals surface area contributed by atoms with Crippen molar-refractivity contribution in [2.45, 2.75) is 18.8 Å². The summed E-state index contributed by atoms with van der Waals surface area (Å²) < 4.78 is 90.0. The van der Waals surface area contributed by atoms with Crippen LogP contribution >= 0.6 is 7.60 Å². The average Bonchev–Trinajstić information content (AvgIpc) is 2.10. The van der Waals surface area contributed by atoms with Crippen molar-refractivity contribution in [2.75, 3.05) is 19.4 Å². The third kappa shape index (κ3) is 10.8. The van der Waals surface area contributed by atoms with Gasteiger partial charge in [-0.05, 0) is 0 Å². The van der Waals surface area contributed by atoms with Crippen LogP contribution in [0.2, 0.25) is 0 Å². The minimum absolute atomic E-state index is 1.26. The zero-order valence-electron chi connectivity index (χ0n) is 9.12. The number of hydrogen-bond donors (Lipinski definition) is 1. The lowest BCUT2D eigenvalue weighted by Crippen LogP contribution is -2.20. The fourth-order valence-corrected chi connectivity index (χ4v) is 2.07. The van der Waals surface area contributed by atoms with E-state index < -0.39 is 51.7 Å². The Bertz CT molecular complexity index is 351. The molecule has 0 saturated heterocycles. The second-order valence-corrected chi connectivity index (χ2v) is 5.30. The summed E-state index contributed by atoms with van der Waals surface area (Å²) in [4.78, 5) is 10.3. The minimum Gasteiger partial charge on any atom is -0.481 e. The summed E-state index contributed by atoms with van der Waals surface area (Å²) >= 11 is 0. The Morgan fingerprint density at radius 2 is 1.58 bits per heavy atom. The molecule has 1 unspecified atom stereocenters. The molecule has 0 aliphatic carbocycles. The van der Waals surface area contributed by atoms with Gasteiger partial charge in [-0.1, -0.05) is 0 Å². The highest BCUT2D eigenvalue weighted by molar-refractivity contribution is 7.54. The van der Waals surface area contributed by atoms with Gasteiger partial charge in [0.1, 0.15) is 6.16 Å². The maximum atomic E-state index is 11.8. The van der Waals surface area contributed by atoms with Crippen LogP contribution in [0.25, 0.3) is 0 Å². The summed E-state index contributed by atoms with van der Waals surface area (Å²) in [5, 5.41) is 8.30. The molecule has 5 nitrogen and oxygen atoms in total. The van der Waals surface area contributed by atoms with Gasteiger partial charge in [-0.3, -0.25) is 13.9 Å². The van der Waals surface area contributed by atoms with Gasteiger partial charge >= 0.3 is 25.9 Å². The molecule has 1 N–H and O–H groups in total. The number of carbonyl (C=O) groups is 1. The fourth-order valence-electron chi connectivity index (χ4n) is 0.766. The number of alkyl halides is 6. The standard InChI is InChI=1S/C7H9F6O5P/c8-6(9,10)1-2-17-19(16,3-5(14)15)18-4-7(11,12)13/h1-4H2,(H,14,15). The van der Waals surface area contributed by atoms with E-state index in [0.717, 1.165) is 0 Å². The Morgan fingerprint density at radius 1 is 1.05 bits per heavy atom. The average molecular weight is 318 g/mol. The lowest BCUT2D eigenvalue weighted by molar-refractivity contribution is -0.157. The van der Waals surface area contributed by atoms with Crippen molar-refractivity contribution < 1.29 is 49.9 Å². The summed E-state index contributed by atoms with van der Waals surface area (Å²) in [6.07, 6.45) is -12.6. The molecule has 0 heterocycles. The Kier molecular flexibility index (Phi) is 6.30. The Labute approximate surface area is 103 Å². The smallest absolute Gasteiger partial charge is 0.412 e. The summed E-state index contributed by atoms with van der Waals surface area (Å²) in [5.41, 5.74) is 0. The van der Waals surface area contributed by atoms with Crippen LogP contribution in [-0.2, 0) is 18.4 Å². The highest BCUT2D eigenvalue weighted by Crippen LogP contribution is 2.49. The van der Waals surface area contributed by atoms with Crippen LogP contribution in [0.15, 0.2) is 0 Å². The molecule has 0 fully saturated rings. The van der Waals surface area contributed by atoms with Gasteiger partial charge in [0.25, 0.3) is 0 Å². The summed E-state index contributed by atoms with van der Waals surface area (Å²) in [6, 6.07) is 0. The van der Waals surface area contributed by atoms with Crippen LogP contribution in [0.3, 0.4) is 0 Å². The first-order valence-electron chi connectivity index (χ1n) is 4.56. The molecule has 0 spiro atoms. The maximum Gasteiger partial charge on any atom is 0.412 e. The molecule has 0 rings (SSSR count). The first-order chi connectivity index (χ1) is 8.33. The first kappa shape index (κ1) is 18.2. The lowest BCUT2D eigenvalue weighted by Gasteiger charge is -2.18. The van der Waals surface area contributed by atoms with Gasteiger partial charge in [0.05, 0.1) is 13.0 Å². The number of halogens is 6. The maximum absolute atomic E-state index is 11.8. The van der Waals surface area contributed by atoms with Crippen LogP contribution in [0.1, 0.15) is 6.42 Å². The highest BCUT2D eigenvalue weighted by Gasteiger charge is 2.37. The van der Waals surface area contributed by atoms with Crippen molar-refractivity contribution in [3.8, 4) is 0 Å². The van der Waals surface area contributed by atoms with E-state index in [0.29, 0.717) is 0 Å². The Balaban J connectivity index is 4.52. The summed E-state index contributed by atoms with van der Waals surface area (Å²) in [7, 11) is -4.78. The van der Waals surface area contributed by atoms with Crippen LogP contribution in [0.4, 0.5) is 26.3 Å². The Morgan fingerprint density at radius 3 is 1.95 bits per heavy atom. The van der Waals surface area contributed by atoms with E-state index >= 15 is 0 Å². The first-order valence-corrected chi connectivity index (χ1v) is 6.29. The van der Waals surface area contributed by atoms with Gasteiger partial charge in [-0.25, -0.2) is 0 Å². The molecule has 0 aromatic rings. The van der Waals surface area contributed by atoms with Gasteiger partial charge < -0.3 is 9.63 Å². The molecule has 0 amide bonds. The number of rotatable bonds is 7. The van der Waals surface area contributed by atoms with E-state index in [1.807, 2.05) is 0 Å². The molecule has 114 valence electrons. The molecule has 12 heteroatoms. The van der Waals surface area contributed by atoms with E-state index in [2.05, 4.69) is 9.05 Å². The zero-order valence-corrected chi connectivity index (χ0v) is 10.0. The van der Waals surface area contributed by atoms with Crippen molar-refractivity contribution in [1.82, 2.24) is 0 Å². The van der Waals surface area contributed by atoms with Crippen molar-refractivity contribution in [1.29, 1.82) is 0 Å². The van der Waals surface area contributed by atoms with Crippen LogP contribution in [0.5, 0.6) is 0 Å². The topological polar surface area (TPSA) is 72.8 Å². The SMILES string of the molecule is O=C(O)CP(=O)(OCCC(F)(F)F)OCC(F)(F)F. The molecule has 19 heavy (non-hydrogen) atoms. The number of carboxylic acids is 1. The highest BCUT2D eigenvalue weighted by atomic mass is 31.2. The van der Waals surface area contributed by atoms with Gasteiger partial charge in [0.15, 0.2) is 6.61 Å². The molecule has 0 saturated carbocycles.